The number of carboxylic acids is 1. The maximum atomic E-state index is 13.4. The largest absolute Gasteiger partial charge is 0.480 e. The van der Waals surface area contributed by atoms with E-state index in [1.807, 2.05) is 12.1 Å². The van der Waals surface area contributed by atoms with Crippen LogP contribution in [0.3, 0.4) is 0 Å². The van der Waals surface area contributed by atoms with Crippen LogP contribution >= 0.6 is 11.6 Å². The fourth-order valence-corrected chi connectivity index (χ4v) is 5.02. The van der Waals surface area contributed by atoms with Crippen LogP contribution < -0.4 is 5.32 Å². The van der Waals surface area contributed by atoms with Crippen LogP contribution in [0.25, 0.3) is 0 Å². The zero-order valence-electron chi connectivity index (χ0n) is 19.2. The smallest absolute Gasteiger partial charge is 0.326 e. The monoisotopic (exact) mass is 480 g/mol. The fourth-order valence-electron chi connectivity index (χ4n) is 4.90. The second kappa shape index (κ2) is 11.8. The number of nitrogens with zero attached hydrogens (tertiary/aromatic N) is 1. The molecule has 2 N–H and O–H groups in total. The van der Waals surface area contributed by atoms with Gasteiger partial charge in [0.05, 0.1) is 25.9 Å². The van der Waals surface area contributed by atoms with Crippen LogP contribution in [0.2, 0.25) is 5.02 Å². The predicted molar refractivity (Wildman–Crippen MR) is 123 cm³/mol. The third-order valence-corrected chi connectivity index (χ3v) is 6.74. The number of carbonyl (C=O) groups excluding carboxylic acids is 2. The summed E-state index contributed by atoms with van der Waals surface area (Å²) in [4.78, 5) is 39.3. The van der Waals surface area contributed by atoms with Gasteiger partial charge in [0.1, 0.15) is 12.1 Å². The second-order valence-electron chi connectivity index (χ2n) is 8.78. The van der Waals surface area contributed by atoms with Crippen LogP contribution in [0.4, 0.5) is 0 Å². The lowest BCUT2D eigenvalue weighted by molar-refractivity contribution is -0.152. The van der Waals surface area contributed by atoms with Crippen molar-refractivity contribution >= 4 is 29.4 Å². The average molecular weight is 481 g/mol. The molecule has 1 aliphatic carbocycles. The van der Waals surface area contributed by atoms with Crippen molar-refractivity contribution in [1.29, 1.82) is 0 Å². The summed E-state index contributed by atoms with van der Waals surface area (Å²) in [5.74, 6) is -1.57. The molecular formula is C24H33ClN2O6. The number of hydrogen-bond acceptors (Lipinski definition) is 6. The maximum absolute atomic E-state index is 13.4. The van der Waals surface area contributed by atoms with Gasteiger partial charge in [-0.15, -0.1) is 0 Å². The molecule has 2 aliphatic rings. The molecule has 1 aromatic carbocycles. The molecule has 0 radical (unpaired) electrons. The number of ether oxygens (including phenoxy) is 2. The van der Waals surface area contributed by atoms with Gasteiger partial charge in [0.25, 0.3) is 0 Å². The summed E-state index contributed by atoms with van der Waals surface area (Å²) in [6.45, 7) is 3.85. The summed E-state index contributed by atoms with van der Waals surface area (Å²) < 4.78 is 10.9. The van der Waals surface area contributed by atoms with Crippen LogP contribution in [0, 0.1) is 5.92 Å². The lowest BCUT2D eigenvalue weighted by atomic mass is 9.84. The number of fused-ring (bicyclic) bond motifs is 1. The Hall–Kier alpha value is -2.16. The van der Waals surface area contributed by atoms with E-state index in [9.17, 15) is 19.5 Å². The summed E-state index contributed by atoms with van der Waals surface area (Å²) in [7, 11) is 0. The normalized spacial score (nSPS) is 24.1. The summed E-state index contributed by atoms with van der Waals surface area (Å²) in [5, 5.41) is 13.4. The van der Waals surface area contributed by atoms with E-state index in [1.165, 1.54) is 0 Å². The van der Waals surface area contributed by atoms with E-state index in [4.69, 9.17) is 21.1 Å². The topological polar surface area (TPSA) is 105 Å². The number of nitrogens with one attached hydrogen (secondary N) is 1. The minimum absolute atomic E-state index is 0.00743. The molecule has 0 aromatic heterocycles. The maximum Gasteiger partial charge on any atom is 0.326 e. The van der Waals surface area contributed by atoms with Gasteiger partial charge in [-0.2, -0.15) is 0 Å². The molecule has 3 rings (SSSR count). The van der Waals surface area contributed by atoms with Crippen molar-refractivity contribution in [3.63, 3.8) is 0 Å². The van der Waals surface area contributed by atoms with Crippen molar-refractivity contribution in [3.05, 3.63) is 34.9 Å². The molecule has 3 unspecified atom stereocenters. The highest BCUT2D eigenvalue weighted by Crippen LogP contribution is 2.40. The molecule has 0 spiro atoms. The quantitative estimate of drug-likeness (QED) is 0.496. The highest BCUT2D eigenvalue weighted by Gasteiger charge is 2.48. The van der Waals surface area contributed by atoms with E-state index >= 15 is 0 Å². The van der Waals surface area contributed by atoms with E-state index in [0.717, 1.165) is 31.2 Å². The van der Waals surface area contributed by atoms with E-state index < -0.39 is 30.1 Å². The average Bonchev–Trinajstić information content (AvgIpc) is 3.19. The summed E-state index contributed by atoms with van der Waals surface area (Å²) >= 11 is 5.90. The van der Waals surface area contributed by atoms with E-state index in [2.05, 4.69) is 5.32 Å². The zero-order chi connectivity index (χ0) is 24.0. The summed E-state index contributed by atoms with van der Waals surface area (Å²) in [6.07, 6.45) is 4.31. The number of aliphatic carboxylic acids is 1. The summed E-state index contributed by atoms with van der Waals surface area (Å²) in [5.41, 5.74) is 0.899. The second-order valence-corrected chi connectivity index (χ2v) is 9.22. The number of carboxylic acid groups (broad SMARTS) is 1. The molecule has 5 atom stereocenters. The predicted octanol–water partition coefficient (Wildman–Crippen LogP) is 3.01. The molecule has 0 bridgehead atoms. The third kappa shape index (κ3) is 6.46. The lowest BCUT2D eigenvalue weighted by Crippen LogP contribution is -2.56. The van der Waals surface area contributed by atoms with E-state index in [1.54, 1.807) is 30.9 Å². The molecule has 8 nitrogen and oxygen atoms in total. The van der Waals surface area contributed by atoms with Gasteiger partial charge < -0.3 is 19.5 Å². The van der Waals surface area contributed by atoms with Crippen LogP contribution in [0.15, 0.2) is 24.3 Å². The van der Waals surface area contributed by atoms with Gasteiger partial charge in [0.15, 0.2) is 0 Å². The molecule has 33 heavy (non-hydrogen) atoms. The molecule has 9 heteroatoms. The number of hydrogen-bond donors (Lipinski definition) is 2. The first-order valence-corrected chi connectivity index (χ1v) is 12.0. The van der Waals surface area contributed by atoms with Gasteiger partial charge in [0, 0.05) is 11.1 Å². The van der Waals surface area contributed by atoms with E-state index in [0.29, 0.717) is 11.4 Å². The van der Waals surface area contributed by atoms with Crippen molar-refractivity contribution in [2.24, 2.45) is 5.92 Å². The van der Waals surface area contributed by atoms with Crippen LogP contribution in [0.1, 0.15) is 51.5 Å². The van der Waals surface area contributed by atoms with Crippen molar-refractivity contribution in [2.45, 2.75) is 76.7 Å². The molecule has 1 amide bonds. The number of benzene rings is 1. The lowest BCUT2D eigenvalue weighted by Gasteiger charge is -2.35. The highest BCUT2D eigenvalue weighted by molar-refractivity contribution is 6.30. The Morgan fingerprint density at radius 1 is 1.21 bits per heavy atom. The number of likely N-dealkylation sites (tertiary alicyclic amines) is 1. The number of rotatable bonds is 10. The molecule has 1 heterocycles. The number of amides is 1. The highest BCUT2D eigenvalue weighted by atomic mass is 35.5. The first-order chi connectivity index (χ1) is 15.8. The minimum Gasteiger partial charge on any atom is -0.480 e. The first kappa shape index (κ1) is 25.5. The fraction of sp³-hybridized carbons (Fsp3) is 0.625. The van der Waals surface area contributed by atoms with Gasteiger partial charge in [-0.1, -0.05) is 36.6 Å². The van der Waals surface area contributed by atoms with Crippen molar-refractivity contribution < 1.29 is 29.0 Å². The molecule has 1 aromatic rings. The van der Waals surface area contributed by atoms with Gasteiger partial charge in [0.2, 0.25) is 5.91 Å². The van der Waals surface area contributed by atoms with Crippen LogP contribution in [0.5, 0.6) is 0 Å². The number of halogens is 1. The molecular weight excluding hydrogens is 448 g/mol. The number of carbonyl (C=O) groups is 3. The Balaban J connectivity index is 1.65. The van der Waals surface area contributed by atoms with Gasteiger partial charge in [-0.25, -0.2) is 4.79 Å². The van der Waals surface area contributed by atoms with Crippen molar-refractivity contribution in [2.75, 3.05) is 13.2 Å². The van der Waals surface area contributed by atoms with Crippen LogP contribution in [-0.4, -0.2) is 65.2 Å². The Bertz CT molecular complexity index is 833. The molecule has 1 saturated heterocycles. The van der Waals surface area contributed by atoms with Crippen LogP contribution in [-0.2, 0) is 30.5 Å². The van der Waals surface area contributed by atoms with Gasteiger partial charge >= 0.3 is 11.9 Å². The standard InChI is InChI=1S/C24H33ClN2O6/c1-3-33-24(31)19(14-32-13-16-8-10-18(25)11-9-16)26-15(2)22(28)27-20-7-5-4-6-17(20)12-21(27)23(29)30/h8-11,15,17,19-21,26H,3-7,12-14H2,1-2H3,(H,29,30)/t15-,17?,19?,20?,21-/m0/s1. The Labute approximate surface area is 199 Å². The Kier molecular flexibility index (Phi) is 9.11. The van der Waals surface area contributed by atoms with Gasteiger partial charge in [-0.3, -0.25) is 14.9 Å². The molecule has 1 aliphatic heterocycles. The molecule has 182 valence electrons. The molecule has 2 fully saturated rings. The minimum atomic E-state index is -0.974. The number of esters is 1. The zero-order valence-corrected chi connectivity index (χ0v) is 19.9. The Morgan fingerprint density at radius 3 is 2.58 bits per heavy atom. The molecule has 1 saturated carbocycles. The third-order valence-electron chi connectivity index (χ3n) is 6.49. The van der Waals surface area contributed by atoms with Crippen molar-refractivity contribution in [1.82, 2.24) is 10.2 Å². The van der Waals surface area contributed by atoms with E-state index in [-0.39, 0.29) is 37.7 Å². The summed E-state index contributed by atoms with van der Waals surface area (Å²) in [6, 6.07) is 4.69. The Morgan fingerprint density at radius 2 is 1.91 bits per heavy atom. The first-order valence-electron chi connectivity index (χ1n) is 11.6. The van der Waals surface area contributed by atoms with Gasteiger partial charge in [-0.05, 0) is 56.7 Å². The SMILES string of the molecule is CCOC(=O)C(COCc1ccc(Cl)cc1)N[C@@H](C)C(=O)N1C2CCCCC2C[C@H]1C(=O)O. The van der Waals surface area contributed by atoms with Crippen molar-refractivity contribution in [3.8, 4) is 0 Å².